The number of carbonyl (C=O) groups is 2. The van der Waals surface area contributed by atoms with Gasteiger partial charge < -0.3 is 10.6 Å². The van der Waals surface area contributed by atoms with Crippen molar-refractivity contribution in [2.24, 2.45) is 0 Å². The largest absolute Gasteiger partial charge is 0.325 e. The van der Waals surface area contributed by atoms with Crippen molar-refractivity contribution >= 4 is 46.4 Å². The minimum absolute atomic E-state index is 0.0802. The molecular formula is C19H21Cl2N3O2. The first kappa shape index (κ1) is 20.2. The van der Waals surface area contributed by atoms with Gasteiger partial charge in [0.2, 0.25) is 11.8 Å². The monoisotopic (exact) mass is 393 g/mol. The summed E-state index contributed by atoms with van der Waals surface area (Å²) in [7, 11) is 1.71. The number of anilines is 2. The van der Waals surface area contributed by atoms with E-state index in [2.05, 4.69) is 10.6 Å². The first-order valence-corrected chi connectivity index (χ1v) is 8.84. The molecule has 2 N–H and O–H groups in total. The van der Waals surface area contributed by atoms with Crippen LogP contribution in [0.1, 0.15) is 12.5 Å². The van der Waals surface area contributed by atoms with Crippen LogP contribution in [0, 0.1) is 6.92 Å². The molecule has 2 amide bonds. The summed E-state index contributed by atoms with van der Waals surface area (Å²) in [6, 6.07) is 11.8. The number of nitrogens with zero attached hydrogens (tertiary/aromatic N) is 1. The van der Waals surface area contributed by atoms with Crippen LogP contribution in [0.4, 0.5) is 11.4 Å². The zero-order chi connectivity index (χ0) is 19.3. The van der Waals surface area contributed by atoms with Gasteiger partial charge in [-0.3, -0.25) is 14.5 Å². The summed E-state index contributed by atoms with van der Waals surface area (Å²) in [6.07, 6.45) is 0. The molecule has 26 heavy (non-hydrogen) atoms. The Labute approximate surface area is 163 Å². The number of aryl methyl sites for hydroxylation is 1. The first-order chi connectivity index (χ1) is 12.3. The molecule has 1 unspecified atom stereocenters. The van der Waals surface area contributed by atoms with Gasteiger partial charge in [0.05, 0.1) is 23.3 Å². The van der Waals surface area contributed by atoms with Crippen molar-refractivity contribution in [2.75, 3.05) is 24.2 Å². The van der Waals surface area contributed by atoms with E-state index in [1.165, 1.54) is 0 Å². The van der Waals surface area contributed by atoms with Crippen molar-refractivity contribution in [3.63, 3.8) is 0 Å². The highest BCUT2D eigenvalue weighted by Gasteiger charge is 2.21. The summed E-state index contributed by atoms with van der Waals surface area (Å²) in [6.45, 7) is 3.78. The molecule has 0 aliphatic carbocycles. The zero-order valence-electron chi connectivity index (χ0n) is 14.8. The smallest absolute Gasteiger partial charge is 0.241 e. The number of likely N-dealkylation sites (N-methyl/N-ethyl adjacent to an activating group) is 1. The molecule has 5 nitrogen and oxygen atoms in total. The van der Waals surface area contributed by atoms with Crippen LogP contribution in [0.5, 0.6) is 0 Å². The molecule has 1 atom stereocenters. The van der Waals surface area contributed by atoms with E-state index >= 15 is 0 Å². The van der Waals surface area contributed by atoms with E-state index in [0.717, 1.165) is 11.3 Å². The van der Waals surface area contributed by atoms with Crippen LogP contribution in [0.25, 0.3) is 0 Å². The Hall–Kier alpha value is -2.08. The molecule has 138 valence electrons. The lowest BCUT2D eigenvalue weighted by Gasteiger charge is -2.23. The average Bonchev–Trinajstić information content (AvgIpc) is 2.58. The zero-order valence-corrected chi connectivity index (χ0v) is 16.4. The van der Waals surface area contributed by atoms with Crippen molar-refractivity contribution < 1.29 is 9.59 Å². The highest BCUT2D eigenvalue weighted by molar-refractivity contribution is 6.36. The number of benzene rings is 2. The predicted octanol–water partition coefficient (Wildman–Crippen LogP) is 4.20. The highest BCUT2D eigenvalue weighted by Crippen LogP contribution is 2.25. The Morgan fingerprint density at radius 2 is 1.73 bits per heavy atom. The Bertz CT molecular complexity index is 794. The fourth-order valence-electron chi connectivity index (χ4n) is 2.23. The predicted molar refractivity (Wildman–Crippen MR) is 107 cm³/mol. The second kappa shape index (κ2) is 9.03. The maximum absolute atomic E-state index is 12.4. The quantitative estimate of drug-likeness (QED) is 0.772. The second-order valence-corrected chi connectivity index (χ2v) is 6.96. The minimum atomic E-state index is -0.523. The van der Waals surface area contributed by atoms with E-state index in [4.69, 9.17) is 23.2 Å². The van der Waals surface area contributed by atoms with Crippen LogP contribution in [-0.2, 0) is 9.59 Å². The number of halogens is 2. The van der Waals surface area contributed by atoms with E-state index in [0.29, 0.717) is 15.7 Å². The Balaban J connectivity index is 1.90. The molecule has 7 heteroatoms. The molecule has 2 rings (SSSR count). The van der Waals surface area contributed by atoms with Gasteiger partial charge >= 0.3 is 0 Å². The van der Waals surface area contributed by atoms with Gasteiger partial charge in [-0.25, -0.2) is 0 Å². The van der Waals surface area contributed by atoms with Gasteiger partial charge in [0.15, 0.2) is 0 Å². The first-order valence-electron chi connectivity index (χ1n) is 8.09. The Kier molecular flexibility index (Phi) is 7.03. The van der Waals surface area contributed by atoms with Gasteiger partial charge in [-0.1, -0.05) is 40.9 Å². The van der Waals surface area contributed by atoms with E-state index in [1.807, 2.05) is 31.2 Å². The lowest BCUT2D eigenvalue weighted by Crippen LogP contribution is -2.43. The summed E-state index contributed by atoms with van der Waals surface area (Å²) in [5.74, 6) is -0.458. The maximum atomic E-state index is 12.4. The standard InChI is InChI=1S/C19H21Cl2N3O2/c1-12-4-7-15(8-5-12)22-18(25)11-24(3)13(2)19(26)23-17-9-6-14(20)10-16(17)21/h4-10,13H,11H2,1-3H3,(H,22,25)(H,23,26). The molecule has 0 heterocycles. The van der Waals surface area contributed by atoms with Gasteiger partial charge in [0, 0.05) is 10.7 Å². The van der Waals surface area contributed by atoms with E-state index < -0.39 is 6.04 Å². The fraction of sp³-hybridized carbons (Fsp3) is 0.263. The summed E-state index contributed by atoms with van der Waals surface area (Å²) in [5, 5.41) is 6.41. The fourth-order valence-corrected chi connectivity index (χ4v) is 2.68. The minimum Gasteiger partial charge on any atom is -0.325 e. The van der Waals surface area contributed by atoms with Crippen molar-refractivity contribution in [3.8, 4) is 0 Å². The molecule has 0 saturated carbocycles. The van der Waals surface area contributed by atoms with Crippen molar-refractivity contribution in [1.29, 1.82) is 0 Å². The van der Waals surface area contributed by atoms with Crippen LogP contribution >= 0.6 is 23.2 Å². The van der Waals surface area contributed by atoms with Crippen LogP contribution < -0.4 is 10.6 Å². The van der Waals surface area contributed by atoms with E-state index in [9.17, 15) is 9.59 Å². The van der Waals surface area contributed by atoms with Crippen LogP contribution in [-0.4, -0.2) is 36.3 Å². The highest BCUT2D eigenvalue weighted by atomic mass is 35.5. The lowest BCUT2D eigenvalue weighted by atomic mass is 10.2. The molecule has 0 aliphatic heterocycles. The maximum Gasteiger partial charge on any atom is 0.241 e. The topological polar surface area (TPSA) is 61.4 Å². The van der Waals surface area contributed by atoms with Crippen LogP contribution in [0.3, 0.4) is 0 Å². The molecule has 0 fully saturated rings. The SMILES string of the molecule is Cc1ccc(NC(=O)CN(C)C(C)C(=O)Nc2ccc(Cl)cc2Cl)cc1. The van der Waals surface area contributed by atoms with Gasteiger partial charge in [-0.15, -0.1) is 0 Å². The molecule has 2 aromatic carbocycles. The molecule has 0 aliphatic rings. The van der Waals surface area contributed by atoms with Crippen LogP contribution in [0.15, 0.2) is 42.5 Å². The van der Waals surface area contributed by atoms with Crippen molar-refractivity contribution in [2.45, 2.75) is 19.9 Å². The summed E-state index contributed by atoms with van der Waals surface area (Å²) < 4.78 is 0. The summed E-state index contributed by atoms with van der Waals surface area (Å²) >= 11 is 11.9. The summed E-state index contributed by atoms with van der Waals surface area (Å²) in [4.78, 5) is 26.2. The summed E-state index contributed by atoms with van der Waals surface area (Å²) in [5.41, 5.74) is 2.32. The Morgan fingerprint density at radius 1 is 1.08 bits per heavy atom. The number of carbonyl (C=O) groups excluding carboxylic acids is 2. The van der Waals surface area contributed by atoms with Crippen molar-refractivity contribution in [3.05, 3.63) is 58.1 Å². The van der Waals surface area contributed by atoms with E-state index in [-0.39, 0.29) is 18.4 Å². The third-order valence-electron chi connectivity index (χ3n) is 3.96. The van der Waals surface area contributed by atoms with Gasteiger partial charge in [0.1, 0.15) is 0 Å². The number of hydrogen-bond donors (Lipinski definition) is 2. The molecule has 0 saturated heterocycles. The van der Waals surface area contributed by atoms with Crippen molar-refractivity contribution in [1.82, 2.24) is 4.90 Å². The number of amides is 2. The van der Waals surface area contributed by atoms with E-state index in [1.54, 1.807) is 37.1 Å². The molecular weight excluding hydrogens is 373 g/mol. The molecule has 0 aromatic heterocycles. The third kappa shape index (κ3) is 5.73. The number of nitrogens with one attached hydrogen (secondary N) is 2. The van der Waals surface area contributed by atoms with Gasteiger partial charge in [-0.2, -0.15) is 0 Å². The molecule has 0 radical (unpaired) electrons. The molecule has 0 spiro atoms. The lowest BCUT2D eigenvalue weighted by molar-refractivity contribution is -0.122. The van der Waals surface area contributed by atoms with Gasteiger partial charge in [0.25, 0.3) is 0 Å². The number of rotatable bonds is 6. The normalized spacial score (nSPS) is 11.9. The van der Waals surface area contributed by atoms with Gasteiger partial charge in [-0.05, 0) is 51.2 Å². The molecule has 0 bridgehead atoms. The second-order valence-electron chi connectivity index (χ2n) is 6.12. The molecule has 2 aromatic rings. The Morgan fingerprint density at radius 3 is 2.35 bits per heavy atom. The van der Waals surface area contributed by atoms with Crippen LogP contribution in [0.2, 0.25) is 10.0 Å². The average molecular weight is 394 g/mol. The third-order valence-corrected chi connectivity index (χ3v) is 4.51. The number of hydrogen-bond acceptors (Lipinski definition) is 3.